The van der Waals surface area contributed by atoms with Gasteiger partial charge in [-0.25, -0.2) is 4.98 Å². The van der Waals surface area contributed by atoms with Crippen molar-refractivity contribution in [2.75, 3.05) is 5.32 Å². The first kappa shape index (κ1) is 17.5. The summed E-state index contributed by atoms with van der Waals surface area (Å²) in [6.45, 7) is 0. The molecule has 1 aromatic heterocycles. The van der Waals surface area contributed by atoms with Crippen LogP contribution in [0.4, 0.5) is 5.69 Å². The summed E-state index contributed by atoms with van der Waals surface area (Å²) in [5.41, 5.74) is 1.00. The molecule has 25 heavy (non-hydrogen) atoms. The maximum atomic E-state index is 12.0. The SMILES string of the molecule is O=C(CCCc1nc2ccccc2c(=O)[nH]1)Nc1ccc(Cl)cc1Cl. The molecule has 0 radical (unpaired) electrons. The molecular weight excluding hydrogens is 361 g/mol. The number of benzene rings is 2. The largest absolute Gasteiger partial charge is 0.325 e. The molecule has 1 amide bonds. The molecule has 0 aliphatic heterocycles. The van der Waals surface area contributed by atoms with Crippen LogP contribution in [0.5, 0.6) is 0 Å². The van der Waals surface area contributed by atoms with Crippen LogP contribution in [0.2, 0.25) is 10.0 Å². The van der Waals surface area contributed by atoms with Crippen molar-refractivity contribution in [1.29, 1.82) is 0 Å². The normalized spacial score (nSPS) is 10.8. The Labute approximate surface area is 154 Å². The highest BCUT2D eigenvalue weighted by molar-refractivity contribution is 6.36. The van der Waals surface area contributed by atoms with Crippen LogP contribution in [0.1, 0.15) is 18.7 Å². The maximum Gasteiger partial charge on any atom is 0.258 e. The molecule has 5 nitrogen and oxygen atoms in total. The lowest BCUT2D eigenvalue weighted by molar-refractivity contribution is -0.116. The number of hydrogen-bond donors (Lipinski definition) is 2. The van der Waals surface area contributed by atoms with Crippen LogP contribution in [-0.2, 0) is 11.2 Å². The van der Waals surface area contributed by atoms with E-state index in [1.54, 1.807) is 36.4 Å². The van der Waals surface area contributed by atoms with E-state index in [0.717, 1.165) is 0 Å². The van der Waals surface area contributed by atoms with Gasteiger partial charge in [-0.1, -0.05) is 35.3 Å². The third-order valence-corrected chi connectivity index (χ3v) is 4.23. The quantitative estimate of drug-likeness (QED) is 0.701. The molecule has 2 aromatic carbocycles. The van der Waals surface area contributed by atoms with Gasteiger partial charge in [0.25, 0.3) is 5.56 Å². The molecular formula is C18H15Cl2N3O2. The van der Waals surface area contributed by atoms with Gasteiger partial charge in [0.05, 0.1) is 21.6 Å². The zero-order valence-electron chi connectivity index (χ0n) is 13.2. The van der Waals surface area contributed by atoms with Gasteiger partial charge in [-0.05, 0) is 36.8 Å². The molecule has 0 bridgehead atoms. The van der Waals surface area contributed by atoms with Crippen LogP contribution in [0, 0.1) is 0 Å². The van der Waals surface area contributed by atoms with Crippen LogP contribution in [0.15, 0.2) is 47.3 Å². The Balaban J connectivity index is 1.59. The summed E-state index contributed by atoms with van der Waals surface area (Å²) in [7, 11) is 0. The average Bonchev–Trinajstić information content (AvgIpc) is 2.57. The second kappa shape index (κ2) is 7.68. The van der Waals surface area contributed by atoms with Crippen molar-refractivity contribution in [2.24, 2.45) is 0 Å². The lowest BCUT2D eigenvalue weighted by Crippen LogP contribution is -2.14. The number of amides is 1. The number of aromatic nitrogens is 2. The Morgan fingerprint density at radius 1 is 1.16 bits per heavy atom. The van der Waals surface area contributed by atoms with Crippen molar-refractivity contribution < 1.29 is 4.79 Å². The highest BCUT2D eigenvalue weighted by Crippen LogP contribution is 2.25. The first-order chi connectivity index (χ1) is 12.0. The van der Waals surface area contributed by atoms with E-state index >= 15 is 0 Å². The first-order valence-corrected chi connectivity index (χ1v) is 8.51. The van der Waals surface area contributed by atoms with E-state index in [0.29, 0.717) is 45.3 Å². The van der Waals surface area contributed by atoms with Crippen molar-refractivity contribution in [3.8, 4) is 0 Å². The topological polar surface area (TPSA) is 74.8 Å². The maximum absolute atomic E-state index is 12.0. The van der Waals surface area contributed by atoms with Crippen LogP contribution >= 0.6 is 23.2 Å². The second-order valence-electron chi connectivity index (χ2n) is 5.56. The molecule has 0 fully saturated rings. The minimum atomic E-state index is -0.169. The number of para-hydroxylation sites is 1. The number of anilines is 1. The van der Waals surface area contributed by atoms with Gasteiger partial charge in [-0.15, -0.1) is 0 Å². The fourth-order valence-electron chi connectivity index (χ4n) is 2.47. The summed E-state index contributed by atoms with van der Waals surface area (Å²) < 4.78 is 0. The smallest absolute Gasteiger partial charge is 0.258 e. The minimum absolute atomic E-state index is 0.160. The number of carbonyl (C=O) groups excluding carboxylic acids is 1. The zero-order valence-corrected chi connectivity index (χ0v) is 14.7. The molecule has 2 N–H and O–H groups in total. The Morgan fingerprint density at radius 2 is 1.96 bits per heavy atom. The molecule has 3 rings (SSSR count). The van der Waals surface area contributed by atoms with E-state index in [-0.39, 0.29) is 17.9 Å². The van der Waals surface area contributed by atoms with Gasteiger partial charge in [0, 0.05) is 17.9 Å². The molecule has 0 saturated heterocycles. The van der Waals surface area contributed by atoms with Gasteiger partial charge in [-0.3, -0.25) is 9.59 Å². The predicted octanol–water partition coefficient (Wildman–Crippen LogP) is 4.19. The van der Waals surface area contributed by atoms with E-state index in [4.69, 9.17) is 23.2 Å². The number of fused-ring (bicyclic) bond motifs is 1. The van der Waals surface area contributed by atoms with Crippen LogP contribution in [0.25, 0.3) is 10.9 Å². The summed E-state index contributed by atoms with van der Waals surface area (Å²) in [5, 5.41) is 4.20. The average molecular weight is 376 g/mol. The number of nitrogens with one attached hydrogen (secondary N) is 2. The highest BCUT2D eigenvalue weighted by Gasteiger charge is 2.08. The molecule has 0 aliphatic carbocycles. The summed E-state index contributed by atoms with van der Waals surface area (Å²) in [6.07, 6.45) is 1.34. The number of halogens is 2. The summed E-state index contributed by atoms with van der Waals surface area (Å²) in [4.78, 5) is 31.2. The van der Waals surface area contributed by atoms with Crippen molar-refractivity contribution in [2.45, 2.75) is 19.3 Å². The Kier molecular flexibility index (Phi) is 5.36. The molecule has 0 unspecified atom stereocenters. The standard InChI is InChI=1S/C18H15Cl2N3O2/c19-11-8-9-15(13(20)10-11)22-17(24)7-3-6-16-21-14-5-2-1-4-12(14)18(25)23-16/h1-2,4-5,8-10H,3,6-7H2,(H,22,24)(H,21,23,25). The third kappa shape index (κ3) is 4.38. The zero-order chi connectivity index (χ0) is 17.8. The molecule has 3 aromatic rings. The molecule has 0 spiro atoms. The van der Waals surface area contributed by atoms with Crippen LogP contribution in [0.3, 0.4) is 0 Å². The Morgan fingerprint density at radius 3 is 2.76 bits per heavy atom. The van der Waals surface area contributed by atoms with Gasteiger partial charge in [0.2, 0.25) is 5.91 Å². The van der Waals surface area contributed by atoms with E-state index in [1.807, 2.05) is 6.07 Å². The van der Waals surface area contributed by atoms with Crippen molar-refractivity contribution in [1.82, 2.24) is 9.97 Å². The lowest BCUT2D eigenvalue weighted by atomic mass is 10.2. The first-order valence-electron chi connectivity index (χ1n) is 7.76. The van der Waals surface area contributed by atoms with Crippen LogP contribution in [-0.4, -0.2) is 15.9 Å². The van der Waals surface area contributed by atoms with Gasteiger partial charge < -0.3 is 10.3 Å². The fourth-order valence-corrected chi connectivity index (χ4v) is 2.93. The van der Waals surface area contributed by atoms with E-state index in [1.165, 1.54) is 0 Å². The molecule has 128 valence electrons. The van der Waals surface area contributed by atoms with Gasteiger partial charge in [0.15, 0.2) is 0 Å². The minimum Gasteiger partial charge on any atom is -0.325 e. The number of carbonyl (C=O) groups is 1. The molecule has 1 heterocycles. The van der Waals surface area contributed by atoms with Crippen molar-refractivity contribution in [3.63, 3.8) is 0 Å². The molecule has 0 saturated carbocycles. The number of rotatable bonds is 5. The molecule has 0 atom stereocenters. The van der Waals surface area contributed by atoms with Gasteiger partial charge in [-0.2, -0.15) is 0 Å². The van der Waals surface area contributed by atoms with Crippen LogP contribution < -0.4 is 10.9 Å². The van der Waals surface area contributed by atoms with Gasteiger partial charge in [0.1, 0.15) is 5.82 Å². The summed E-state index contributed by atoms with van der Waals surface area (Å²) in [6, 6.07) is 12.0. The monoisotopic (exact) mass is 375 g/mol. The molecule has 7 heteroatoms. The third-order valence-electron chi connectivity index (χ3n) is 3.68. The Hall–Kier alpha value is -2.37. The van der Waals surface area contributed by atoms with Crippen molar-refractivity contribution in [3.05, 3.63) is 68.7 Å². The summed E-state index contributed by atoms with van der Waals surface area (Å²) in [5.74, 6) is 0.411. The Bertz CT molecular complexity index is 985. The number of H-pyrrole nitrogens is 1. The summed E-state index contributed by atoms with van der Waals surface area (Å²) >= 11 is 11.9. The highest BCUT2D eigenvalue weighted by atomic mass is 35.5. The predicted molar refractivity (Wildman–Crippen MR) is 100 cm³/mol. The number of hydrogen-bond acceptors (Lipinski definition) is 3. The number of nitrogens with zero attached hydrogens (tertiary/aromatic N) is 1. The molecule has 0 aliphatic rings. The van der Waals surface area contributed by atoms with E-state index in [2.05, 4.69) is 15.3 Å². The van der Waals surface area contributed by atoms with Crippen molar-refractivity contribution >= 4 is 45.7 Å². The number of aromatic amines is 1. The second-order valence-corrected chi connectivity index (χ2v) is 6.40. The number of aryl methyl sites for hydroxylation is 1. The van der Waals surface area contributed by atoms with Gasteiger partial charge >= 0.3 is 0 Å². The lowest BCUT2D eigenvalue weighted by Gasteiger charge is -2.07. The van der Waals surface area contributed by atoms with E-state index < -0.39 is 0 Å². The fraction of sp³-hybridized carbons (Fsp3) is 0.167. The van der Waals surface area contributed by atoms with E-state index in [9.17, 15) is 9.59 Å².